The number of rotatable bonds is 5. The first-order valence-corrected chi connectivity index (χ1v) is 6.74. The van der Waals surface area contributed by atoms with Crippen molar-refractivity contribution in [1.82, 2.24) is 0 Å². The van der Waals surface area contributed by atoms with Crippen LogP contribution >= 0.6 is 11.8 Å². The smallest absolute Gasteiger partial charge is 0.345 e. The van der Waals surface area contributed by atoms with Crippen molar-refractivity contribution in [2.24, 2.45) is 0 Å². The van der Waals surface area contributed by atoms with Crippen molar-refractivity contribution >= 4 is 17.7 Å². The van der Waals surface area contributed by atoms with Crippen LogP contribution in [0.3, 0.4) is 0 Å². The summed E-state index contributed by atoms with van der Waals surface area (Å²) in [6, 6.07) is 5.48. The fourth-order valence-electron chi connectivity index (χ4n) is 1.68. The first-order chi connectivity index (χ1) is 8.20. The molecule has 0 aliphatic carbocycles. The van der Waals surface area contributed by atoms with Crippen molar-refractivity contribution in [3.63, 3.8) is 0 Å². The van der Waals surface area contributed by atoms with Gasteiger partial charge >= 0.3 is 5.97 Å². The van der Waals surface area contributed by atoms with Crippen LogP contribution in [0, 0.1) is 0 Å². The fourth-order valence-corrected chi connectivity index (χ4v) is 1.93. The Kier molecular flexibility index (Phi) is 3.78. The van der Waals surface area contributed by atoms with Crippen LogP contribution in [0.15, 0.2) is 18.2 Å². The van der Waals surface area contributed by atoms with Gasteiger partial charge in [0.25, 0.3) is 0 Å². The lowest BCUT2D eigenvalue weighted by Crippen LogP contribution is -2.24. The Morgan fingerprint density at radius 2 is 2.47 bits per heavy atom. The molecule has 0 saturated heterocycles. The van der Waals surface area contributed by atoms with Gasteiger partial charge in [0.2, 0.25) is 0 Å². The van der Waals surface area contributed by atoms with Crippen molar-refractivity contribution in [2.75, 3.05) is 18.6 Å². The number of ether oxygens (including phenoxy) is 2. The molecule has 1 aliphatic heterocycles. The minimum Gasteiger partial charge on any atom is -0.493 e. The second kappa shape index (κ2) is 5.31. The Balaban J connectivity index is 2.02. The van der Waals surface area contributed by atoms with Crippen LogP contribution in [0.2, 0.25) is 0 Å². The molecule has 1 aromatic rings. The van der Waals surface area contributed by atoms with E-state index in [1.165, 1.54) is 0 Å². The van der Waals surface area contributed by atoms with Gasteiger partial charge in [-0.15, -0.1) is 0 Å². The van der Waals surface area contributed by atoms with E-state index in [0.717, 1.165) is 17.1 Å². The molecule has 0 bridgehead atoms. The fraction of sp³-hybridized carbons (Fsp3) is 0.417. The van der Waals surface area contributed by atoms with Gasteiger partial charge in [-0.05, 0) is 17.9 Å². The Bertz CT molecular complexity index is 419. The molecule has 0 radical (unpaired) electrons. The van der Waals surface area contributed by atoms with Crippen molar-refractivity contribution in [1.29, 1.82) is 0 Å². The highest BCUT2D eigenvalue weighted by Gasteiger charge is 2.28. The van der Waals surface area contributed by atoms with Crippen molar-refractivity contribution in [3.8, 4) is 11.5 Å². The monoisotopic (exact) mass is 254 g/mol. The lowest BCUT2D eigenvalue weighted by molar-refractivity contribution is -0.144. The Morgan fingerprint density at radius 1 is 1.65 bits per heavy atom. The zero-order valence-electron chi connectivity index (χ0n) is 9.51. The topological polar surface area (TPSA) is 55.8 Å². The van der Waals surface area contributed by atoms with E-state index in [0.29, 0.717) is 18.8 Å². The number of fused-ring (bicyclic) bond motifs is 1. The van der Waals surface area contributed by atoms with E-state index in [9.17, 15) is 4.79 Å². The predicted octanol–water partition coefficient (Wildman–Crippen LogP) is 1.82. The summed E-state index contributed by atoms with van der Waals surface area (Å²) in [7, 11) is 0. The second-order valence-electron chi connectivity index (χ2n) is 3.76. The molecular formula is C12H14O4S. The van der Waals surface area contributed by atoms with E-state index in [-0.39, 0.29) is 0 Å². The van der Waals surface area contributed by atoms with E-state index in [1.54, 1.807) is 17.8 Å². The Hall–Kier alpha value is -1.36. The third kappa shape index (κ3) is 2.85. The number of benzene rings is 1. The largest absolute Gasteiger partial charge is 0.493 e. The lowest BCUT2D eigenvalue weighted by Gasteiger charge is -2.07. The molecule has 5 heteroatoms. The zero-order chi connectivity index (χ0) is 12.3. The summed E-state index contributed by atoms with van der Waals surface area (Å²) in [5, 5.41) is 8.87. The SMILES string of the molecule is CSCCOc1ccc2c(c1)OC(C(=O)O)C2. The summed E-state index contributed by atoms with van der Waals surface area (Å²) in [4.78, 5) is 10.8. The molecule has 1 aromatic carbocycles. The first kappa shape index (κ1) is 12.1. The van der Waals surface area contributed by atoms with Crippen LogP contribution in [-0.4, -0.2) is 35.8 Å². The van der Waals surface area contributed by atoms with Gasteiger partial charge in [0.1, 0.15) is 11.5 Å². The summed E-state index contributed by atoms with van der Waals surface area (Å²) >= 11 is 1.72. The van der Waals surface area contributed by atoms with Gasteiger partial charge in [0.05, 0.1) is 6.61 Å². The number of thioether (sulfide) groups is 1. The van der Waals surface area contributed by atoms with Gasteiger partial charge in [0.15, 0.2) is 6.10 Å². The molecular weight excluding hydrogens is 240 g/mol. The second-order valence-corrected chi connectivity index (χ2v) is 4.75. The number of hydrogen-bond donors (Lipinski definition) is 1. The third-order valence-electron chi connectivity index (χ3n) is 2.54. The Morgan fingerprint density at radius 3 is 3.18 bits per heavy atom. The molecule has 0 saturated carbocycles. The highest BCUT2D eigenvalue weighted by Crippen LogP contribution is 2.32. The lowest BCUT2D eigenvalue weighted by atomic mass is 10.1. The summed E-state index contributed by atoms with van der Waals surface area (Å²) in [5.74, 6) is 1.35. The number of aliphatic carboxylic acids is 1. The highest BCUT2D eigenvalue weighted by atomic mass is 32.2. The van der Waals surface area contributed by atoms with Gasteiger partial charge in [-0.1, -0.05) is 6.07 Å². The number of carbonyl (C=O) groups is 1. The van der Waals surface area contributed by atoms with Crippen LogP contribution in [0.1, 0.15) is 5.56 Å². The molecule has 1 unspecified atom stereocenters. The normalized spacial score (nSPS) is 17.4. The van der Waals surface area contributed by atoms with Crippen LogP contribution < -0.4 is 9.47 Å². The van der Waals surface area contributed by atoms with E-state index in [4.69, 9.17) is 14.6 Å². The molecule has 0 amide bonds. The van der Waals surface area contributed by atoms with E-state index in [1.807, 2.05) is 18.4 Å². The molecule has 1 heterocycles. The van der Waals surface area contributed by atoms with Crippen LogP contribution in [0.4, 0.5) is 0 Å². The van der Waals surface area contributed by atoms with Crippen molar-refractivity contribution in [2.45, 2.75) is 12.5 Å². The third-order valence-corrected chi connectivity index (χ3v) is 3.12. The average molecular weight is 254 g/mol. The van der Waals surface area contributed by atoms with E-state index in [2.05, 4.69) is 0 Å². The van der Waals surface area contributed by atoms with E-state index >= 15 is 0 Å². The van der Waals surface area contributed by atoms with Crippen molar-refractivity contribution < 1.29 is 19.4 Å². The van der Waals surface area contributed by atoms with Gasteiger partial charge in [0, 0.05) is 18.2 Å². The number of hydrogen-bond acceptors (Lipinski definition) is 4. The van der Waals surface area contributed by atoms with Gasteiger partial charge in [-0.2, -0.15) is 11.8 Å². The molecule has 17 heavy (non-hydrogen) atoms. The summed E-state index contributed by atoms with van der Waals surface area (Å²) < 4.78 is 10.8. The van der Waals surface area contributed by atoms with Crippen molar-refractivity contribution in [3.05, 3.63) is 23.8 Å². The molecule has 1 aliphatic rings. The van der Waals surface area contributed by atoms with Gasteiger partial charge in [-0.25, -0.2) is 4.79 Å². The highest BCUT2D eigenvalue weighted by molar-refractivity contribution is 7.98. The summed E-state index contributed by atoms with van der Waals surface area (Å²) in [6.07, 6.45) is 1.69. The molecule has 0 aromatic heterocycles. The molecule has 0 spiro atoms. The summed E-state index contributed by atoms with van der Waals surface area (Å²) in [5.41, 5.74) is 0.926. The molecule has 92 valence electrons. The maximum Gasteiger partial charge on any atom is 0.345 e. The summed E-state index contributed by atoms with van der Waals surface area (Å²) in [6.45, 7) is 0.641. The van der Waals surface area contributed by atoms with Gasteiger partial charge < -0.3 is 14.6 Å². The molecule has 0 fully saturated rings. The molecule has 2 rings (SSSR count). The Labute approximate surface area is 104 Å². The maximum absolute atomic E-state index is 10.8. The average Bonchev–Trinajstić information content (AvgIpc) is 2.72. The minimum absolute atomic E-state index is 0.426. The molecule has 4 nitrogen and oxygen atoms in total. The standard InChI is InChI=1S/C12H14O4S/c1-17-5-4-15-9-3-2-8-6-11(12(13)14)16-10(8)7-9/h2-3,7,11H,4-6H2,1H3,(H,13,14). The predicted molar refractivity (Wildman–Crippen MR) is 66.1 cm³/mol. The zero-order valence-corrected chi connectivity index (χ0v) is 10.3. The number of carboxylic acids is 1. The minimum atomic E-state index is -0.925. The molecule has 1 atom stereocenters. The van der Waals surface area contributed by atoms with Crippen LogP contribution in [-0.2, 0) is 11.2 Å². The quantitative estimate of drug-likeness (QED) is 0.812. The van der Waals surface area contributed by atoms with E-state index < -0.39 is 12.1 Å². The first-order valence-electron chi connectivity index (χ1n) is 5.35. The molecule has 1 N–H and O–H groups in total. The van der Waals surface area contributed by atoms with Crippen LogP contribution in [0.25, 0.3) is 0 Å². The van der Waals surface area contributed by atoms with Crippen LogP contribution in [0.5, 0.6) is 11.5 Å². The van der Waals surface area contributed by atoms with Gasteiger partial charge in [-0.3, -0.25) is 0 Å². The number of carboxylic acid groups (broad SMARTS) is 1. The maximum atomic E-state index is 10.8.